The second-order valence-electron chi connectivity index (χ2n) is 6.56. The minimum Gasteiger partial charge on any atom is -0.481 e. The van der Waals surface area contributed by atoms with Gasteiger partial charge in [-0.05, 0) is 33.4 Å². The van der Waals surface area contributed by atoms with E-state index in [0.29, 0.717) is 32.4 Å². The first kappa shape index (κ1) is 16.0. The zero-order valence-corrected chi connectivity index (χ0v) is 12.7. The number of β-amino-alcohol motifs (C(OH)–C–C–N with tert-alkyl or cyclic N) is 1. The van der Waals surface area contributed by atoms with Gasteiger partial charge in [0.05, 0.1) is 11.5 Å². The number of hydrogen-bond acceptors (Lipinski definition) is 4. The fraction of sp³-hybridized carbons (Fsp3) is 0.857. The smallest absolute Gasteiger partial charge is 0.317 e. The summed E-state index contributed by atoms with van der Waals surface area (Å²) in [6, 6.07) is -0.303. The van der Waals surface area contributed by atoms with Crippen molar-refractivity contribution in [3.05, 3.63) is 0 Å². The largest absolute Gasteiger partial charge is 0.481 e. The van der Waals surface area contributed by atoms with Gasteiger partial charge >= 0.3 is 12.0 Å². The molecule has 2 unspecified atom stereocenters. The van der Waals surface area contributed by atoms with E-state index in [0.717, 1.165) is 6.42 Å². The molecule has 1 saturated heterocycles. The van der Waals surface area contributed by atoms with Crippen LogP contribution in [0.2, 0.25) is 0 Å². The lowest BCUT2D eigenvalue weighted by molar-refractivity contribution is -0.153. The highest BCUT2D eigenvalue weighted by atomic mass is 16.4. The molecule has 120 valence electrons. The van der Waals surface area contributed by atoms with Gasteiger partial charge in [-0.3, -0.25) is 4.79 Å². The number of likely N-dealkylation sites (tertiary alicyclic amines) is 1. The fourth-order valence-corrected chi connectivity index (χ4v) is 3.15. The number of hydrogen-bond donors (Lipinski definition) is 3. The Bertz CT molecular complexity index is 409. The maximum Gasteiger partial charge on any atom is 0.317 e. The molecule has 21 heavy (non-hydrogen) atoms. The zero-order valence-electron chi connectivity index (χ0n) is 12.7. The van der Waals surface area contributed by atoms with Crippen molar-refractivity contribution in [3.63, 3.8) is 0 Å². The van der Waals surface area contributed by atoms with Crippen LogP contribution in [0.1, 0.15) is 25.7 Å². The second-order valence-corrected chi connectivity index (χ2v) is 6.56. The molecule has 1 heterocycles. The number of urea groups is 1. The molecule has 3 N–H and O–H groups in total. The molecular formula is C14H25N3O4. The summed E-state index contributed by atoms with van der Waals surface area (Å²) in [6.45, 7) is 1.17. The Morgan fingerprint density at radius 2 is 2.05 bits per heavy atom. The summed E-state index contributed by atoms with van der Waals surface area (Å²) in [6.07, 6.45) is 2.19. The van der Waals surface area contributed by atoms with Crippen molar-refractivity contribution in [1.29, 1.82) is 0 Å². The quantitative estimate of drug-likeness (QED) is 0.662. The number of carbonyl (C=O) groups is 2. The van der Waals surface area contributed by atoms with Crippen LogP contribution in [-0.4, -0.2) is 77.9 Å². The van der Waals surface area contributed by atoms with Crippen LogP contribution in [0.25, 0.3) is 0 Å². The molecule has 0 bridgehead atoms. The maximum atomic E-state index is 12.3. The molecule has 2 atom stereocenters. The van der Waals surface area contributed by atoms with Crippen LogP contribution in [0, 0.1) is 5.41 Å². The summed E-state index contributed by atoms with van der Waals surface area (Å²) in [5.74, 6) is -0.833. The molecule has 0 aromatic heterocycles. The summed E-state index contributed by atoms with van der Waals surface area (Å²) >= 11 is 0. The van der Waals surface area contributed by atoms with Gasteiger partial charge in [-0.25, -0.2) is 4.79 Å². The van der Waals surface area contributed by atoms with Crippen molar-refractivity contribution in [2.45, 2.75) is 37.8 Å². The Kier molecular flexibility index (Phi) is 4.73. The van der Waals surface area contributed by atoms with E-state index in [1.807, 2.05) is 19.0 Å². The number of aliphatic carboxylic acids is 1. The molecule has 1 saturated carbocycles. The Balaban J connectivity index is 1.91. The van der Waals surface area contributed by atoms with Crippen LogP contribution in [0.4, 0.5) is 4.79 Å². The first-order valence-corrected chi connectivity index (χ1v) is 7.45. The molecule has 7 nitrogen and oxygen atoms in total. The normalized spacial score (nSPS) is 27.5. The number of amides is 2. The predicted octanol–water partition coefficient (Wildman–Crippen LogP) is -0.0523. The molecule has 0 aromatic carbocycles. The molecule has 2 amide bonds. The summed E-state index contributed by atoms with van der Waals surface area (Å²) in [4.78, 5) is 27.2. The van der Waals surface area contributed by atoms with Gasteiger partial charge in [0.15, 0.2) is 0 Å². The molecule has 1 aliphatic carbocycles. The number of rotatable bonds is 5. The minimum atomic E-state index is -0.833. The van der Waals surface area contributed by atoms with E-state index in [4.69, 9.17) is 0 Å². The van der Waals surface area contributed by atoms with E-state index in [2.05, 4.69) is 5.32 Å². The molecular weight excluding hydrogens is 274 g/mol. The van der Waals surface area contributed by atoms with Gasteiger partial charge < -0.3 is 25.3 Å². The Morgan fingerprint density at radius 1 is 1.38 bits per heavy atom. The standard InChI is InChI=1S/C14H25N3O4/c1-16(2)7-10-6-11(18)8-17(10)13(21)15-9-14(12(19)20)4-3-5-14/h10-11,18H,3-9H2,1-2H3,(H,15,21)(H,19,20). The van der Waals surface area contributed by atoms with Crippen LogP contribution < -0.4 is 5.32 Å². The lowest BCUT2D eigenvalue weighted by atomic mass is 9.69. The van der Waals surface area contributed by atoms with Crippen LogP contribution in [0.15, 0.2) is 0 Å². The first-order chi connectivity index (χ1) is 9.84. The molecule has 2 aliphatic rings. The third kappa shape index (κ3) is 3.47. The number of carbonyl (C=O) groups excluding carboxylic acids is 1. The van der Waals surface area contributed by atoms with E-state index in [9.17, 15) is 19.8 Å². The van der Waals surface area contributed by atoms with Gasteiger partial charge in [0, 0.05) is 25.7 Å². The lowest BCUT2D eigenvalue weighted by Crippen LogP contribution is -2.52. The lowest BCUT2D eigenvalue weighted by Gasteiger charge is -2.38. The minimum absolute atomic E-state index is 0.0304. The highest BCUT2D eigenvalue weighted by Gasteiger charge is 2.45. The first-order valence-electron chi connectivity index (χ1n) is 7.45. The monoisotopic (exact) mass is 299 g/mol. The van der Waals surface area contributed by atoms with Gasteiger partial charge in [0.1, 0.15) is 0 Å². The zero-order chi connectivity index (χ0) is 15.6. The van der Waals surface area contributed by atoms with Gasteiger partial charge in [-0.1, -0.05) is 6.42 Å². The van der Waals surface area contributed by atoms with Crippen LogP contribution in [0.5, 0.6) is 0 Å². The van der Waals surface area contributed by atoms with E-state index in [-0.39, 0.29) is 18.6 Å². The van der Waals surface area contributed by atoms with Gasteiger partial charge in [-0.2, -0.15) is 0 Å². The average molecular weight is 299 g/mol. The van der Waals surface area contributed by atoms with Gasteiger partial charge in [0.25, 0.3) is 0 Å². The number of carboxylic acid groups (broad SMARTS) is 1. The van der Waals surface area contributed by atoms with Crippen LogP contribution in [-0.2, 0) is 4.79 Å². The van der Waals surface area contributed by atoms with E-state index in [1.165, 1.54) is 0 Å². The van der Waals surface area contributed by atoms with Crippen molar-refractivity contribution >= 4 is 12.0 Å². The van der Waals surface area contributed by atoms with E-state index in [1.54, 1.807) is 4.90 Å². The molecule has 1 aliphatic heterocycles. The third-order valence-electron chi connectivity index (χ3n) is 4.57. The molecule has 0 radical (unpaired) electrons. The number of nitrogens with one attached hydrogen (secondary N) is 1. The van der Waals surface area contributed by atoms with E-state index >= 15 is 0 Å². The number of likely N-dealkylation sites (N-methyl/N-ethyl adjacent to an activating group) is 1. The molecule has 2 rings (SSSR count). The van der Waals surface area contributed by atoms with Gasteiger partial charge in [-0.15, -0.1) is 0 Å². The summed E-state index contributed by atoms with van der Waals surface area (Å²) in [5.41, 5.74) is -0.787. The average Bonchev–Trinajstić information content (AvgIpc) is 2.67. The number of carboxylic acids is 1. The van der Waals surface area contributed by atoms with Crippen molar-refractivity contribution in [3.8, 4) is 0 Å². The highest BCUT2D eigenvalue weighted by molar-refractivity contribution is 5.79. The molecule has 2 fully saturated rings. The van der Waals surface area contributed by atoms with Crippen molar-refractivity contribution in [2.75, 3.05) is 33.7 Å². The summed E-state index contributed by atoms with van der Waals surface area (Å²) in [5, 5.41) is 21.8. The van der Waals surface area contributed by atoms with Crippen LogP contribution >= 0.6 is 0 Å². The fourth-order valence-electron chi connectivity index (χ4n) is 3.15. The molecule has 0 aromatic rings. The Morgan fingerprint density at radius 3 is 2.52 bits per heavy atom. The van der Waals surface area contributed by atoms with Crippen molar-refractivity contribution in [2.24, 2.45) is 5.41 Å². The summed E-state index contributed by atoms with van der Waals surface area (Å²) < 4.78 is 0. The second kappa shape index (κ2) is 6.19. The van der Waals surface area contributed by atoms with Crippen LogP contribution in [0.3, 0.4) is 0 Å². The summed E-state index contributed by atoms with van der Waals surface area (Å²) in [7, 11) is 3.85. The third-order valence-corrected chi connectivity index (χ3v) is 4.57. The Hall–Kier alpha value is -1.34. The Labute approximate surface area is 124 Å². The van der Waals surface area contributed by atoms with E-state index < -0.39 is 17.5 Å². The molecule has 0 spiro atoms. The highest BCUT2D eigenvalue weighted by Crippen LogP contribution is 2.40. The topological polar surface area (TPSA) is 93.1 Å². The molecule has 7 heteroatoms. The number of nitrogens with zero attached hydrogens (tertiary/aromatic N) is 2. The van der Waals surface area contributed by atoms with Crippen molar-refractivity contribution in [1.82, 2.24) is 15.1 Å². The number of aliphatic hydroxyl groups is 1. The number of aliphatic hydroxyl groups excluding tert-OH is 1. The SMILES string of the molecule is CN(C)CC1CC(O)CN1C(=O)NCC1(C(=O)O)CCC1. The predicted molar refractivity (Wildman–Crippen MR) is 77.0 cm³/mol. The maximum absolute atomic E-state index is 12.3. The van der Waals surface area contributed by atoms with Crippen molar-refractivity contribution < 1.29 is 19.8 Å². The van der Waals surface area contributed by atoms with Gasteiger partial charge in [0.2, 0.25) is 0 Å².